The third-order valence-corrected chi connectivity index (χ3v) is 3.56. The molecule has 2 aromatic rings. The summed E-state index contributed by atoms with van der Waals surface area (Å²) in [6.45, 7) is 3.03. The van der Waals surface area contributed by atoms with Crippen LogP contribution in [0.5, 0.6) is 0 Å². The van der Waals surface area contributed by atoms with Crippen molar-refractivity contribution < 1.29 is 13.6 Å². The van der Waals surface area contributed by atoms with Crippen LogP contribution >= 0.6 is 0 Å². The highest BCUT2D eigenvalue weighted by molar-refractivity contribution is 6.05. The fourth-order valence-corrected chi connectivity index (χ4v) is 2.59. The number of nitrogens with zero attached hydrogens (tertiary/aromatic N) is 2. The third kappa shape index (κ3) is 1.67. The second-order valence-corrected chi connectivity index (χ2v) is 5.11. The Morgan fingerprint density at radius 3 is 2.75 bits per heavy atom. The van der Waals surface area contributed by atoms with E-state index >= 15 is 0 Å². The molecule has 0 atom stereocenters. The summed E-state index contributed by atoms with van der Waals surface area (Å²) < 4.78 is 28.5. The third-order valence-electron chi connectivity index (χ3n) is 3.56. The number of fused-ring (bicyclic) bond motifs is 2. The first-order valence-electron chi connectivity index (χ1n) is 6.26. The van der Waals surface area contributed by atoms with E-state index in [1.807, 2.05) is 0 Å². The lowest BCUT2D eigenvalue weighted by molar-refractivity contribution is -0.00629. The van der Waals surface area contributed by atoms with E-state index in [2.05, 4.69) is 4.98 Å². The molecule has 0 aliphatic carbocycles. The maximum Gasteiger partial charge on any atom is 0.306 e. The summed E-state index contributed by atoms with van der Waals surface area (Å²) >= 11 is 0. The molecule has 0 radical (unpaired) electrons. The number of hydrogen-bond acceptors (Lipinski definition) is 3. The van der Waals surface area contributed by atoms with Crippen molar-refractivity contribution >= 4 is 16.7 Å². The monoisotopic (exact) mass is 278 g/mol. The van der Waals surface area contributed by atoms with Crippen molar-refractivity contribution in [2.24, 2.45) is 0 Å². The Morgan fingerprint density at radius 1 is 1.40 bits per heavy atom. The van der Waals surface area contributed by atoms with Crippen molar-refractivity contribution in [1.82, 2.24) is 9.55 Å². The molecule has 3 rings (SSSR count). The maximum atomic E-state index is 13.8. The lowest BCUT2D eigenvalue weighted by Crippen LogP contribution is -2.24. The Labute approximate surface area is 113 Å². The molecule has 0 N–H and O–H groups in total. The number of hydrogen-bond donors (Lipinski definition) is 0. The molecule has 104 valence electrons. The zero-order valence-corrected chi connectivity index (χ0v) is 11.0. The molecule has 0 unspecified atom stereocenters. The molecule has 0 saturated heterocycles. The minimum atomic E-state index is -3.12. The van der Waals surface area contributed by atoms with Gasteiger partial charge >= 0.3 is 5.92 Å². The van der Waals surface area contributed by atoms with Gasteiger partial charge in [-0.3, -0.25) is 14.2 Å². The van der Waals surface area contributed by atoms with E-state index in [9.17, 15) is 18.4 Å². The van der Waals surface area contributed by atoms with Gasteiger partial charge in [-0.25, -0.2) is 4.98 Å². The smallest absolute Gasteiger partial charge is 0.294 e. The fourth-order valence-electron chi connectivity index (χ4n) is 2.59. The number of rotatable bonds is 1. The number of aryl methyl sites for hydroxylation is 1. The van der Waals surface area contributed by atoms with E-state index in [4.69, 9.17) is 0 Å². The van der Waals surface area contributed by atoms with Gasteiger partial charge in [0.25, 0.3) is 5.56 Å². The van der Waals surface area contributed by atoms with E-state index in [-0.39, 0.29) is 28.8 Å². The quantitative estimate of drug-likeness (QED) is 0.753. The minimum absolute atomic E-state index is 0.0482. The first-order chi connectivity index (χ1) is 9.31. The van der Waals surface area contributed by atoms with Crippen molar-refractivity contribution in [1.29, 1.82) is 0 Å². The van der Waals surface area contributed by atoms with E-state index < -0.39 is 23.7 Å². The topological polar surface area (TPSA) is 52.0 Å². The Morgan fingerprint density at radius 2 is 2.10 bits per heavy atom. The Hall–Kier alpha value is -2.11. The van der Waals surface area contributed by atoms with Crippen LogP contribution in [0, 0.1) is 6.92 Å². The van der Waals surface area contributed by atoms with Gasteiger partial charge in [0.2, 0.25) is 0 Å². The van der Waals surface area contributed by atoms with Gasteiger partial charge in [-0.05, 0) is 31.5 Å². The SMILES string of the molecule is CC(=O)c1cc(C)cc2c(=O)n3c(nc12)C(F)(F)CC3. The van der Waals surface area contributed by atoms with Gasteiger partial charge in [0, 0.05) is 18.5 Å². The van der Waals surface area contributed by atoms with Crippen molar-refractivity contribution in [3.8, 4) is 0 Å². The second-order valence-electron chi connectivity index (χ2n) is 5.11. The van der Waals surface area contributed by atoms with Crippen LogP contribution in [-0.4, -0.2) is 15.3 Å². The number of Topliss-reactive ketones (excluding diaryl/α,β-unsaturated/α-hetero) is 1. The molecule has 1 aliphatic heterocycles. The largest absolute Gasteiger partial charge is 0.306 e. The second kappa shape index (κ2) is 3.94. The van der Waals surface area contributed by atoms with Gasteiger partial charge in [-0.2, -0.15) is 8.78 Å². The maximum absolute atomic E-state index is 13.8. The number of halogens is 2. The highest BCUT2D eigenvalue weighted by Gasteiger charge is 2.42. The van der Waals surface area contributed by atoms with Crippen LogP contribution in [0.3, 0.4) is 0 Å². The van der Waals surface area contributed by atoms with E-state index in [0.29, 0.717) is 0 Å². The van der Waals surface area contributed by atoms with Crippen LogP contribution in [0.15, 0.2) is 16.9 Å². The average Bonchev–Trinajstić information content (AvgIpc) is 2.66. The number of carbonyl (C=O) groups excluding carboxylic acids is 1. The molecule has 1 aromatic carbocycles. The van der Waals surface area contributed by atoms with Crippen LogP contribution in [-0.2, 0) is 12.5 Å². The Kier molecular flexibility index (Phi) is 2.54. The molecule has 4 nitrogen and oxygen atoms in total. The number of benzene rings is 1. The molecule has 0 fully saturated rings. The Bertz CT molecular complexity index is 809. The van der Waals surface area contributed by atoms with Crippen LogP contribution in [0.2, 0.25) is 0 Å². The lowest BCUT2D eigenvalue weighted by Gasteiger charge is -2.11. The van der Waals surface area contributed by atoms with Gasteiger partial charge in [0.15, 0.2) is 11.6 Å². The highest BCUT2D eigenvalue weighted by atomic mass is 19.3. The number of ketones is 1. The zero-order chi connectivity index (χ0) is 14.7. The Balaban J connectivity index is 2.50. The molecule has 20 heavy (non-hydrogen) atoms. The highest BCUT2D eigenvalue weighted by Crippen LogP contribution is 2.36. The summed E-state index contributed by atoms with van der Waals surface area (Å²) in [6, 6.07) is 3.15. The summed E-state index contributed by atoms with van der Waals surface area (Å²) in [6.07, 6.45) is -0.431. The lowest BCUT2D eigenvalue weighted by atomic mass is 10.0. The minimum Gasteiger partial charge on any atom is -0.294 e. The summed E-state index contributed by atoms with van der Waals surface area (Å²) in [5.74, 6) is -3.95. The molecular weight excluding hydrogens is 266 g/mol. The van der Waals surface area contributed by atoms with E-state index in [1.54, 1.807) is 19.1 Å². The van der Waals surface area contributed by atoms with E-state index in [1.165, 1.54) is 6.92 Å². The summed E-state index contributed by atoms with van der Waals surface area (Å²) in [5, 5.41) is 0.219. The molecule has 2 heterocycles. The average molecular weight is 278 g/mol. The number of aromatic nitrogens is 2. The predicted molar refractivity (Wildman–Crippen MR) is 69.3 cm³/mol. The van der Waals surface area contributed by atoms with Crippen LogP contribution in [0.1, 0.15) is 35.1 Å². The van der Waals surface area contributed by atoms with Crippen molar-refractivity contribution in [3.05, 3.63) is 39.4 Å². The predicted octanol–water partition coefficient (Wildman–Crippen LogP) is 2.40. The van der Waals surface area contributed by atoms with Crippen LogP contribution < -0.4 is 5.56 Å². The summed E-state index contributed by atoms with van der Waals surface area (Å²) in [5.41, 5.74) is 0.504. The molecule has 0 saturated carbocycles. The van der Waals surface area contributed by atoms with Crippen LogP contribution in [0.4, 0.5) is 8.78 Å². The van der Waals surface area contributed by atoms with Gasteiger partial charge < -0.3 is 0 Å². The van der Waals surface area contributed by atoms with Crippen molar-refractivity contribution in [3.63, 3.8) is 0 Å². The molecule has 6 heteroatoms. The number of alkyl halides is 2. The molecule has 1 aliphatic rings. The van der Waals surface area contributed by atoms with Gasteiger partial charge in [0.1, 0.15) is 0 Å². The van der Waals surface area contributed by atoms with Crippen molar-refractivity contribution in [2.75, 3.05) is 0 Å². The molecular formula is C14H12F2N2O2. The first kappa shape index (κ1) is 12.9. The summed E-state index contributed by atoms with van der Waals surface area (Å²) in [7, 11) is 0. The standard InChI is InChI=1S/C14H12F2N2O2/c1-7-5-9(8(2)19)11-10(6-7)12(20)18-4-3-14(15,16)13(18)17-11/h5-6H,3-4H2,1-2H3. The number of carbonyl (C=O) groups is 1. The first-order valence-corrected chi connectivity index (χ1v) is 6.26. The zero-order valence-electron chi connectivity index (χ0n) is 11.0. The van der Waals surface area contributed by atoms with Gasteiger partial charge in [0.05, 0.1) is 10.9 Å². The summed E-state index contributed by atoms with van der Waals surface area (Å²) in [4.78, 5) is 27.9. The van der Waals surface area contributed by atoms with Gasteiger partial charge in [-0.1, -0.05) is 0 Å². The van der Waals surface area contributed by atoms with Gasteiger partial charge in [-0.15, -0.1) is 0 Å². The molecule has 1 aromatic heterocycles. The molecule has 0 bridgehead atoms. The normalized spacial score (nSPS) is 16.4. The van der Waals surface area contributed by atoms with Crippen LogP contribution in [0.25, 0.3) is 10.9 Å². The van der Waals surface area contributed by atoms with Crippen molar-refractivity contribution in [2.45, 2.75) is 32.7 Å². The fraction of sp³-hybridized carbons (Fsp3) is 0.357. The van der Waals surface area contributed by atoms with E-state index in [0.717, 1.165) is 10.1 Å². The molecule has 0 amide bonds. The molecule has 0 spiro atoms.